The highest BCUT2D eigenvalue weighted by Gasteiger charge is 2.27. The van der Waals surface area contributed by atoms with Gasteiger partial charge in [0.15, 0.2) is 0 Å². The van der Waals surface area contributed by atoms with Crippen LogP contribution in [-0.2, 0) is 19.6 Å². The van der Waals surface area contributed by atoms with Gasteiger partial charge in [0.2, 0.25) is 10.0 Å². The first-order valence-corrected chi connectivity index (χ1v) is 9.49. The summed E-state index contributed by atoms with van der Waals surface area (Å²) in [5.74, 6) is -0.246. The van der Waals surface area contributed by atoms with E-state index in [1.807, 2.05) is 20.8 Å². The van der Waals surface area contributed by atoms with E-state index in [1.54, 1.807) is 12.1 Å². The Labute approximate surface area is 148 Å². The Bertz CT molecular complexity index is 631. The van der Waals surface area contributed by atoms with Crippen LogP contribution in [0.25, 0.3) is 0 Å². The lowest BCUT2D eigenvalue weighted by Crippen LogP contribution is -2.41. The number of rotatable bonds is 11. The van der Waals surface area contributed by atoms with Crippen molar-refractivity contribution < 1.29 is 27.9 Å². The minimum absolute atomic E-state index is 0.0161. The molecule has 0 bridgehead atoms. The van der Waals surface area contributed by atoms with Crippen molar-refractivity contribution in [3.8, 4) is 5.75 Å². The maximum absolute atomic E-state index is 12.7. The number of benzene rings is 1. The molecule has 1 aromatic carbocycles. The number of carbonyl (C=O) groups is 1. The molecule has 0 unspecified atom stereocenters. The fraction of sp³-hybridized carbons (Fsp3) is 0.562. The maximum Gasteiger partial charge on any atom is 0.258 e. The second kappa shape index (κ2) is 10.3. The van der Waals surface area contributed by atoms with E-state index in [9.17, 15) is 13.2 Å². The van der Waals surface area contributed by atoms with Crippen LogP contribution in [0.15, 0.2) is 29.2 Å². The number of hydrogen-bond acceptors (Lipinski definition) is 6. The Hall–Kier alpha value is -1.68. The first-order valence-electron chi connectivity index (χ1n) is 8.05. The zero-order valence-corrected chi connectivity index (χ0v) is 15.6. The van der Waals surface area contributed by atoms with Crippen LogP contribution in [0.2, 0.25) is 0 Å². The van der Waals surface area contributed by atoms with Gasteiger partial charge in [-0.1, -0.05) is 13.8 Å². The lowest BCUT2D eigenvalue weighted by molar-refractivity contribution is -0.129. The third-order valence-corrected chi connectivity index (χ3v) is 5.00. The number of ether oxygens (including phenoxy) is 2. The zero-order valence-electron chi connectivity index (χ0n) is 14.8. The molecule has 0 atom stereocenters. The van der Waals surface area contributed by atoms with E-state index in [-0.39, 0.29) is 17.4 Å². The van der Waals surface area contributed by atoms with Crippen molar-refractivity contribution in [2.24, 2.45) is 5.92 Å². The predicted molar refractivity (Wildman–Crippen MR) is 92.0 cm³/mol. The molecule has 1 rings (SSSR count). The number of nitrogens with one attached hydrogen (secondary N) is 1. The van der Waals surface area contributed by atoms with Crippen LogP contribution in [0.4, 0.5) is 0 Å². The highest BCUT2D eigenvalue weighted by molar-refractivity contribution is 7.89. The Morgan fingerprint density at radius 1 is 1.24 bits per heavy atom. The van der Waals surface area contributed by atoms with E-state index >= 15 is 0 Å². The molecule has 8 nitrogen and oxygen atoms in total. The van der Waals surface area contributed by atoms with E-state index in [0.29, 0.717) is 25.6 Å². The molecule has 1 amide bonds. The van der Waals surface area contributed by atoms with Crippen LogP contribution in [0.1, 0.15) is 20.8 Å². The summed E-state index contributed by atoms with van der Waals surface area (Å²) in [5, 5.41) is 8.66. The largest absolute Gasteiger partial charge is 0.491 e. The Morgan fingerprint density at radius 3 is 2.40 bits per heavy atom. The van der Waals surface area contributed by atoms with Crippen LogP contribution in [0, 0.1) is 5.92 Å². The van der Waals surface area contributed by atoms with E-state index in [4.69, 9.17) is 14.7 Å². The molecular formula is C16H26N2O6S. The van der Waals surface area contributed by atoms with Gasteiger partial charge in [-0.15, -0.1) is 0 Å². The molecule has 0 heterocycles. The van der Waals surface area contributed by atoms with E-state index in [0.717, 1.165) is 4.31 Å². The molecule has 0 aliphatic rings. The Kier molecular flexibility index (Phi) is 8.84. The SMILES string of the molecule is CCOCCOc1ccc(S(=O)(=O)N(CC(=O)NO)CC(C)C)cc1. The minimum Gasteiger partial charge on any atom is -0.491 e. The van der Waals surface area contributed by atoms with E-state index < -0.39 is 22.5 Å². The van der Waals surface area contributed by atoms with Gasteiger partial charge in [0.05, 0.1) is 18.0 Å². The molecule has 2 N–H and O–H groups in total. The summed E-state index contributed by atoms with van der Waals surface area (Å²) >= 11 is 0. The average Bonchev–Trinajstić information content (AvgIpc) is 2.58. The second-order valence-electron chi connectivity index (χ2n) is 5.74. The molecule has 0 saturated heterocycles. The predicted octanol–water partition coefficient (Wildman–Crippen LogP) is 1.25. The lowest BCUT2D eigenvalue weighted by Gasteiger charge is -2.23. The summed E-state index contributed by atoms with van der Waals surface area (Å²) in [6.45, 7) is 6.70. The topological polar surface area (TPSA) is 105 Å². The van der Waals surface area contributed by atoms with Gasteiger partial charge in [0.1, 0.15) is 12.4 Å². The molecule has 25 heavy (non-hydrogen) atoms. The molecule has 0 aliphatic heterocycles. The van der Waals surface area contributed by atoms with E-state index in [2.05, 4.69) is 0 Å². The summed E-state index contributed by atoms with van der Waals surface area (Å²) in [7, 11) is -3.87. The van der Waals surface area contributed by atoms with Crippen molar-refractivity contribution in [2.75, 3.05) is 32.9 Å². The first kappa shape index (κ1) is 21.4. The van der Waals surface area contributed by atoms with Gasteiger partial charge in [0.25, 0.3) is 5.91 Å². The number of carbonyl (C=O) groups excluding carboxylic acids is 1. The van der Waals surface area contributed by atoms with E-state index in [1.165, 1.54) is 17.6 Å². The number of nitrogens with zero attached hydrogens (tertiary/aromatic N) is 1. The molecular weight excluding hydrogens is 348 g/mol. The smallest absolute Gasteiger partial charge is 0.258 e. The van der Waals surface area contributed by atoms with Gasteiger partial charge < -0.3 is 9.47 Å². The van der Waals surface area contributed by atoms with Gasteiger partial charge in [-0.25, -0.2) is 13.9 Å². The molecule has 0 saturated carbocycles. The average molecular weight is 374 g/mol. The molecule has 0 aliphatic carbocycles. The molecule has 142 valence electrons. The highest BCUT2D eigenvalue weighted by Crippen LogP contribution is 2.20. The van der Waals surface area contributed by atoms with Crippen LogP contribution in [0.5, 0.6) is 5.75 Å². The molecule has 0 fully saturated rings. The Morgan fingerprint density at radius 2 is 1.88 bits per heavy atom. The monoisotopic (exact) mass is 374 g/mol. The lowest BCUT2D eigenvalue weighted by atomic mass is 10.2. The van der Waals surface area contributed by atoms with Crippen molar-refractivity contribution in [1.29, 1.82) is 0 Å². The van der Waals surface area contributed by atoms with Crippen LogP contribution in [0.3, 0.4) is 0 Å². The van der Waals surface area contributed by atoms with Crippen molar-refractivity contribution in [3.63, 3.8) is 0 Å². The molecule has 0 spiro atoms. The summed E-state index contributed by atoms with van der Waals surface area (Å²) in [4.78, 5) is 11.5. The van der Waals surface area contributed by atoms with Crippen molar-refractivity contribution in [3.05, 3.63) is 24.3 Å². The van der Waals surface area contributed by atoms with Crippen LogP contribution in [-0.4, -0.2) is 56.7 Å². The number of amides is 1. The quantitative estimate of drug-likeness (QED) is 0.343. The normalized spacial score (nSPS) is 11.8. The first-order chi connectivity index (χ1) is 11.8. The van der Waals surface area contributed by atoms with Gasteiger partial charge >= 0.3 is 0 Å². The molecule has 0 radical (unpaired) electrons. The van der Waals surface area contributed by atoms with Crippen LogP contribution < -0.4 is 10.2 Å². The number of hydroxylamine groups is 1. The summed E-state index contributed by atoms with van der Waals surface area (Å²) in [5.41, 5.74) is 1.46. The molecule has 0 aromatic heterocycles. The minimum atomic E-state index is -3.87. The van der Waals surface area contributed by atoms with Crippen LogP contribution >= 0.6 is 0 Å². The fourth-order valence-electron chi connectivity index (χ4n) is 2.07. The van der Waals surface area contributed by atoms with Gasteiger partial charge in [-0.2, -0.15) is 4.31 Å². The summed E-state index contributed by atoms with van der Waals surface area (Å²) < 4.78 is 37.1. The maximum atomic E-state index is 12.7. The van der Waals surface area contributed by atoms with Crippen molar-refractivity contribution in [2.45, 2.75) is 25.7 Å². The highest BCUT2D eigenvalue weighted by atomic mass is 32.2. The summed E-state index contributed by atoms with van der Waals surface area (Å²) in [6.07, 6.45) is 0. The summed E-state index contributed by atoms with van der Waals surface area (Å²) in [6, 6.07) is 5.96. The number of sulfonamides is 1. The van der Waals surface area contributed by atoms with Gasteiger partial charge in [-0.05, 0) is 37.1 Å². The third kappa shape index (κ3) is 6.99. The van der Waals surface area contributed by atoms with Gasteiger partial charge in [0, 0.05) is 13.2 Å². The molecule has 1 aromatic rings. The zero-order chi connectivity index (χ0) is 18.9. The third-order valence-electron chi connectivity index (χ3n) is 3.18. The standard InChI is InChI=1S/C16H26N2O6S/c1-4-23-9-10-24-14-5-7-15(8-6-14)25(21,22)18(11-13(2)3)12-16(19)17-20/h5-8,13,20H,4,9-12H2,1-3H3,(H,17,19). The van der Waals surface area contributed by atoms with Crippen molar-refractivity contribution in [1.82, 2.24) is 9.79 Å². The molecule has 9 heteroatoms. The second-order valence-corrected chi connectivity index (χ2v) is 7.68. The Balaban J connectivity index is 2.87. The van der Waals surface area contributed by atoms with Crippen molar-refractivity contribution >= 4 is 15.9 Å². The van der Waals surface area contributed by atoms with Gasteiger partial charge in [-0.3, -0.25) is 10.0 Å². The fourth-order valence-corrected chi connectivity index (χ4v) is 3.63. The number of hydrogen-bond donors (Lipinski definition) is 2.